The van der Waals surface area contributed by atoms with Crippen molar-refractivity contribution in [1.82, 2.24) is 14.9 Å². The van der Waals surface area contributed by atoms with Crippen LogP contribution in [0.3, 0.4) is 0 Å². The Balaban J connectivity index is 1.41. The van der Waals surface area contributed by atoms with Crippen LogP contribution in [0.25, 0.3) is 0 Å². The number of primary amides is 1. The molecule has 2 aromatic rings. The molecular formula is C22H29N7O3. The first-order chi connectivity index (χ1) is 15.4. The van der Waals surface area contributed by atoms with Gasteiger partial charge in [-0.15, -0.1) is 0 Å². The lowest BCUT2D eigenvalue weighted by molar-refractivity contribution is -0.135. The second kappa shape index (κ2) is 9.39. The van der Waals surface area contributed by atoms with Crippen LogP contribution >= 0.6 is 0 Å². The number of ether oxygens (including phenoxy) is 1. The van der Waals surface area contributed by atoms with Crippen molar-refractivity contribution in [2.24, 2.45) is 5.73 Å². The molecule has 1 saturated carbocycles. The van der Waals surface area contributed by atoms with Crippen molar-refractivity contribution in [2.75, 3.05) is 48.9 Å². The van der Waals surface area contributed by atoms with Crippen molar-refractivity contribution in [3.05, 3.63) is 36.0 Å². The van der Waals surface area contributed by atoms with E-state index in [0.29, 0.717) is 30.9 Å². The van der Waals surface area contributed by atoms with Crippen LogP contribution in [0.5, 0.6) is 0 Å². The maximum Gasteiger partial charge on any atom is 0.254 e. The number of carbonyl (C=O) groups is 2. The normalized spacial score (nSPS) is 18.4. The van der Waals surface area contributed by atoms with Gasteiger partial charge in [-0.2, -0.15) is 4.98 Å². The number of nitrogens with zero attached hydrogens (tertiary/aromatic N) is 4. The van der Waals surface area contributed by atoms with Gasteiger partial charge in [0.15, 0.2) is 0 Å². The van der Waals surface area contributed by atoms with Crippen molar-refractivity contribution in [3.63, 3.8) is 0 Å². The van der Waals surface area contributed by atoms with Crippen LogP contribution in [-0.4, -0.2) is 72.1 Å². The number of methoxy groups -OCH3 is 1. The van der Waals surface area contributed by atoms with E-state index in [1.807, 2.05) is 29.2 Å². The molecule has 2 fully saturated rings. The van der Waals surface area contributed by atoms with Crippen LogP contribution in [0.15, 0.2) is 30.5 Å². The molecule has 1 aromatic heterocycles. The summed E-state index contributed by atoms with van der Waals surface area (Å²) in [6, 6.07) is 8.53. The summed E-state index contributed by atoms with van der Waals surface area (Å²) < 4.78 is 4.96. The molecular weight excluding hydrogens is 410 g/mol. The van der Waals surface area contributed by atoms with Crippen molar-refractivity contribution >= 4 is 35.0 Å². The SMILES string of the molecule is COCC(=O)N1CCN(c2ccc(Nc3ncc(C(N)=O)c(NC4CC4)n3)cc2)[C@@H](C)C1. The highest BCUT2D eigenvalue weighted by molar-refractivity contribution is 5.97. The molecule has 1 aromatic carbocycles. The van der Waals surface area contributed by atoms with Gasteiger partial charge in [0.1, 0.15) is 12.4 Å². The van der Waals surface area contributed by atoms with Gasteiger partial charge in [-0.3, -0.25) is 9.59 Å². The fraction of sp³-hybridized carbons (Fsp3) is 0.455. The molecule has 1 aliphatic heterocycles. The van der Waals surface area contributed by atoms with Gasteiger partial charge >= 0.3 is 0 Å². The van der Waals surface area contributed by atoms with Crippen LogP contribution < -0.4 is 21.3 Å². The minimum Gasteiger partial charge on any atom is -0.375 e. The number of hydrogen-bond donors (Lipinski definition) is 3. The first kappa shape index (κ1) is 21.8. The summed E-state index contributed by atoms with van der Waals surface area (Å²) in [6.07, 6.45) is 3.56. The third-order valence-electron chi connectivity index (χ3n) is 5.68. The van der Waals surface area contributed by atoms with E-state index in [1.54, 1.807) is 0 Å². The summed E-state index contributed by atoms with van der Waals surface area (Å²) in [5.41, 5.74) is 7.65. The lowest BCUT2D eigenvalue weighted by atomic mass is 10.1. The smallest absolute Gasteiger partial charge is 0.254 e. The second-order valence-corrected chi connectivity index (χ2v) is 8.23. The molecule has 2 aliphatic rings. The van der Waals surface area contributed by atoms with E-state index in [2.05, 4.69) is 32.4 Å². The number of amides is 2. The average molecular weight is 440 g/mol. The van der Waals surface area contributed by atoms with Gasteiger partial charge in [0.05, 0.1) is 5.56 Å². The maximum absolute atomic E-state index is 12.1. The lowest BCUT2D eigenvalue weighted by Crippen LogP contribution is -2.54. The number of rotatable bonds is 8. The van der Waals surface area contributed by atoms with Gasteiger partial charge in [-0.05, 0) is 44.0 Å². The van der Waals surface area contributed by atoms with E-state index >= 15 is 0 Å². The Kier molecular flexibility index (Phi) is 6.40. The highest BCUT2D eigenvalue weighted by Crippen LogP contribution is 2.27. The number of aromatic nitrogens is 2. The Bertz CT molecular complexity index is 978. The van der Waals surface area contributed by atoms with Crippen molar-refractivity contribution in [2.45, 2.75) is 31.8 Å². The maximum atomic E-state index is 12.1. The molecule has 1 atom stereocenters. The number of hydrogen-bond acceptors (Lipinski definition) is 8. The molecule has 10 heteroatoms. The highest BCUT2D eigenvalue weighted by atomic mass is 16.5. The monoisotopic (exact) mass is 439 g/mol. The Morgan fingerprint density at radius 1 is 1.22 bits per heavy atom. The zero-order valence-electron chi connectivity index (χ0n) is 18.4. The van der Waals surface area contributed by atoms with Crippen molar-refractivity contribution in [3.8, 4) is 0 Å². The van der Waals surface area contributed by atoms with E-state index in [1.165, 1.54) is 13.3 Å². The fourth-order valence-corrected chi connectivity index (χ4v) is 3.80. The lowest BCUT2D eigenvalue weighted by Gasteiger charge is -2.41. The molecule has 170 valence electrons. The van der Waals surface area contributed by atoms with E-state index < -0.39 is 5.91 Å². The van der Waals surface area contributed by atoms with E-state index in [0.717, 1.165) is 30.8 Å². The molecule has 1 saturated heterocycles. The molecule has 1 aliphatic carbocycles. The van der Waals surface area contributed by atoms with Crippen LogP contribution in [0.2, 0.25) is 0 Å². The number of carbonyl (C=O) groups excluding carboxylic acids is 2. The predicted octanol–water partition coefficient (Wildman–Crippen LogP) is 1.58. The Labute approximate surface area is 187 Å². The van der Waals surface area contributed by atoms with E-state index in [4.69, 9.17) is 10.5 Å². The molecule has 10 nitrogen and oxygen atoms in total. The third-order valence-corrected chi connectivity index (χ3v) is 5.68. The number of nitrogens with two attached hydrogens (primary N) is 1. The topological polar surface area (TPSA) is 126 Å². The fourth-order valence-electron chi connectivity index (χ4n) is 3.80. The Morgan fingerprint density at radius 2 is 1.97 bits per heavy atom. The zero-order chi connectivity index (χ0) is 22.7. The highest BCUT2D eigenvalue weighted by Gasteiger charge is 2.27. The molecule has 0 unspecified atom stereocenters. The quantitative estimate of drug-likeness (QED) is 0.566. The summed E-state index contributed by atoms with van der Waals surface area (Å²) in [5, 5.41) is 6.42. The summed E-state index contributed by atoms with van der Waals surface area (Å²) in [7, 11) is 1.54. The third kappa shape index (κ3) is 5.08. The van der Waals surface area contributed by atoms with Crippen molar-refractivity contribution in [1.29, 1.82) is 0 Å². The van der Waals surface area contributed by atoms with Gasteiger partial charge in [0.2, 0.25) is 11.9 Å². The van der Waals surface area contributed by atoms with Crippen LogP contribution in [0.1, 0.15) is 30.1 Å². The van der Waals surface area contributed by atoms with Gasteiger partial charge in [-0.1, -0.05) is 0 Å². The van der Waals surface area contributed by atoms with Gasteiger partial charge in [-0.25, -0.2) is 4.98 Å². The summed E-state index contributed by atoms with van der Waals surface area (Å²) >= 11 is 0. The number of piperazine rings is 1. The van der Waals surface area contributed by atoms with E-state index in [9.17, 15) is 9.59 Å². The average Bonchev–Trinajstić information content (AvgIpc) is 3.58. The molecule has 2 heterocycles. The molecule has 2 amide bonds. The standard InChI is InChI=1S/C22H29N7O3/c1-14-12-28(19(30)13-32-2)9-10-29(14)17-7-5-16(6-8-17)26-22-24-11-18(20(23)31)21(27-22)25-15-3-4-15/h5-8,11,14-15H,3-4,9-10,12-13H2,1-2H3,(H2,23,31)(H2,24,25,26,27)/t14-/m0/s1. The van der Waals surface area contributed by atoms with Crippen molar-refractivity contribution < 1.29 is 14.3 Å². The van der Waals surface area contributed by atoms with Crippen LogP contribution in [0.4, 0.5) is 23.1 Å². The summed E-state index contributed by atoms with van der Waals surface area (Å²) in [6.45, 7) is 4.33. The molecule has 32 heavy (non-hydrogen) atoms. The zero-order valence-corrected chi connectivity index (χ0v) is 18.4. The van der Waals surface area contributed by atoms with Gasteiger partial charge in [0, 0.05) is 56.4 Å². The summed E-state index contributed by atoms with van der Waals surface area (Å²) in [4.78, 5) is 36.5. The number of anilines is 4. The Morgan fingerprint density at radius 3 is 2.59 bits per heavy atom. The molecule has 4 rings (SSSR count). The van der Waals surface area contributed by atoms with E-state index in [-0.39, 0.29) is 24.1 Å². The largest absolute Gasteiger partial charge is 0.375 e. The Hall–Kier alpha value is -3.40. The second-order valence-electron chi connectivity index (χ2n) is 8.23. The minimum atomic E-state index is -0.554. The number of nitrogens with one attached hydrogen (secondary N) is 2. The van der Waals surface area contributed by atoms with Crippen LogP contribution in [-0.2, 0) is 9.53 Å². The van der Waals surface area contributed by atoms with Gasteiger partial charge in [0.25, 0.3) is 5.91 Å². The predicted molar refractivity (Wildman–Crippen MR) is 122 cm³/mol. The molecule has 4 N–H and O–H groups in total. The molecule has 0 spiro atoms. The molecule has 0 radical (unpaired) electrons. The first-order valence-corrected chi connectivity index (χ1v) is 10.8. The summed E-state index contributed by atoms with van der Waals surface area (Å²) in [5.74, 6) is 0.326. The van der Waals surface area contributed by atoms with Crippen LogP contribution in [0, 0.1) is 0 Å². The first-order valence-electron chi connectivity index (χ1n) is 10.8. The molecule has 0 bridgehead atoms. The minimum absolute atomic E-state index is 0.0245. The number of benzene rings is 1. The van der Waals surface area contributed by atoms with Gasteiger partial charge < -0.3 is 30.9 Å².